The van der Waals surface area contributed by atoms with Crippen LogP contribution in [0.15, 0.2) is 35.7 Å². The summed E-state index contributed by atoms with van der Waals surface area (Å²) in [6.45, 7) is 2.48. The number of nitrogens with zero attached hydrogens (tertiary/aromatic N) is 1. The highest BCUT2D eigenvalue weighted by atomic mass is 32.3. The SMILES string of the molecule is O=S(=O)(O)O.c1ccc(-c2csc(=[N+]3CCCCC3)s2)cc1. The van der Waals surface area contributed by atoms with E-state index in [-0.39, 0.29) is 0 Å². The van der Waals surface area contributed by atoms with E-state index < -0.39 is 10.4 Å². The fraction of sp³-hybridized carbons (Fsp3) is 0.357. The van der Waals surface area contributed by atoms with Gasteiger partial charge in [-0.05, 0) is 12.0 Å². The van der Waals surface area contributed by atoms with Crippen LogP contribution in [-0.2, 0) is 10.4 Å². The van der Waals surface area contributed by atoms with Crippen LogP contribution in [0.25, 0.3) is 10.4 Å². The summed E-state index contributed by atoms with van der Waals surface area (Å²) in [6, 6.07) is 10.7. The van der Waals surface area contributed by atoms with Gasteiger partial charge in [0.25, 0.3) is 0 Å². The maximum absolute atomic E-state index is 8.74. The second kappa shape index (κ2) is 7.98. The molecular formula is C14H18NO4S3+. The topological polar surface area (TPSA) is 77.6 Å². The molecule has 0 amide bonds. The van der Waals surface area contributed by atoms with Crippen LogP contribution in [0.5, 0.6) is 0 Å². The minimum Gasteiger partial charge on any atom is -0.264 e. The van der Waals surface area contributed by atoms with Crippen LogP contribution in [-0.4, -0.2) is 30.6 Å². The van der Waals surface area contributed by atoms with Gasteiger partial charge in [-0.2, -0.15) is 8.42 Å². The van der Waals surface area contributed by atoms with Gasteiger partial charge in [-0.3, -0.25) is 9.11 Å². The van der Waals surface area contributed by atoms with Crippen molar-refractivity contribution in [3.8, 4) is 10.4 Å². The molecule has 0 spiro atoms. The standard InChI is InChI=1S/C14H16NS2.H2O4S/c1-3-7-12(8-4-1)13-11-16-14(17-13)15-9-5-2-6-10-15;1-5(2,3)4/h1,3-4,7-8,11H,2,5-6,9-10H2;(H2,1,2,3,4)/q+1;. The number of piperidine rings is 1. The maximum Gasteiger partial charge on any atom is 0.394 e. The normalized spacial score (nSPS) is 15.1. The van der Waals surface area contributed by atoms with Crippen molar-refractivity contribution >= 4 is 33.1 Å². The molecule has 1 aromatic carbocycles. The van der Waals surface area contributed by atoms with Crippen LogP contribution in [0.4, 0.5) is 0 Å². The molecule has 1 saturated heterocycles. The molecule has 1 aliphatic rings. The third-order valence-corrected chi connectivity index (χ3v) is 5.64. The lowest BCUT2D eigenvalue weighted by molar-refractivity contribution is 0.381. The Morgan fingerprint density at radius 1 is 1.00 bits per heavy atom. The molecule has 8 heteroatoms. The Morgan fingerprint density at radius 2 is 1.59 bits per heavy atom. The third-order valence-electron chi connectivity index (χ3n) is 3.14. The van der Waals surface area contributed by atoms with E-state index in [9.17, 15) is 0 Å². The van der Waals surface area contributed by atoms with Gasteiger partial charge in [0.05, 0.1) is 4.88 Å². The lowest BCUT2D eigenvalue weighted by Crippen LogP contribution is -2.31. The van der Waals surface area contributed by atoms with Gasteiger partial charge < -0.3 is 0 Å². The molecule has 0 bridgehead atoms. The van der Waals surface area contributed by atoms with Crippen molar-refractivity contribution in [3.05, 3.63) is 39.7 Å². The maximum atomic E-state index is 8.74. The Bertz CT molecular complexity index is 747. The monoisotopic (exact) mass is 360 g/mol. The van der Waals surface area contributed by atoms with Crippen molar-refractivity contribution in [2.75, 3.05) is 13.1 Å². The summed E-state index contributed by atoms with van der Waals surface area (Å²) < 4.78 is 35.6. The Morgan fingerprint density at radius 3 is 2.18 bits per heavy atom. The molecule has 5 nitrogen and oxygen atoms in total. The summed E-state index contributed by atoms with van der Waals surface area (Å²) in [6.07, 6.45) is 4.11. The fourth-order valence-corrected chi connectivity index (χ4v) is 4.56. The van der Waals surface area contributed by atoms with Gasteiger partial charge >= 0.3 is 14.4 Å². The Labute approximate surface area is 137 Å². The van der Waals surface area contributed by atoms with E-state index in [1.54, 1.807) is 0 Å². The molecule has 2 heterocycles. The third kappa shape index (κ3) is 5.98. The molecule has 0 unspecified atom stereocenters. The summed E-state index contributed by atoms with van der Waals surface area (Å²) in [4.78, 5) is 1.40. The first-order valence-corrected chi connectivity index (χ1v) is 9.95. The molecule has 3 rings (SSSR count). The van der Waals surface area contributed by atoms with Crippen molar-refractivity contribution in [2.24, 2.45) is 0 Å². The van der Waals surface area contributed by atoms with Crippen molar-refractivity contribution in [1.82, 2.24) is 4.58 Å². The second-order valence-electron chi connectivity index (χ2n) is 4.83. The highest BCUT2D eigenvalue weighted by Crippen LogP contribution is 2.23. The predicted molar refractivity (Wildman–Crippen MR) is 90.7 cm³/mol. The van der Waals surface area contributed by atoms with Crippen LogP contribution < -0.4 is 8.56 Å². The van der Waals surface area contributed by atoms with E-state index in [0.29, 0.717) is 0 Å². The molecule has 0 saturated carbocycles. The van der Waals surface area contributed by atoms with E-state index in [4.69, 9.17) is 17.5 Å². The average Bonchev–Trinajstić information content (AvgIpc) is 2.97. The van der Waals surface area contributed by atoms with Crippen LogP contribution >= 0.6 is 22.7 Å². The zero-order valence-electron chi connectivity index (χ0n) is 11.9. The largest absolute Gasteiger partial charge is 0.394 e. The molecule has 1 aliphatic heterocycles. The number of benzene rings is 1. The highest BCUT2D eigenvalue weighted by Gasteiger charge is 2.13. The van der Waals surface area contributed by atoms with Gasteiger partial charge in [0.1, 0.15) is 13.1 Å². The average molecular weight is 361 g/mol. The van der Waals surface area contributed by atoms with Gasteiger partial charge in [0.2, 0.25) is 0 Å². The number of rotatable bonds is 1. The van der Waals surface area contributed by atoms with Gasteiger partial charge in [0.15, 0.2) is 0 Å². The summed E-state index contributed by atoms with van der Waals surface area (Å²) in [5, 5.41) is 2.30. The Balaban J connectivity index is 0.000000309. The summed E-state index contributed by atoms with van der Waals surface area (Å²) in [5.41, 5.74) is 1.34. The number of hydrogen-bond donors (Lipinski definition) is 2. The van der Waals surface area contributed by atoms with E-state index in [2.05, 4.69) is 40.3 Å². The Hall–Kier alpha value is -1.06. The van der Waals surface area contributed by atoms with Gasteiger partial charge in [0, 0.05) is 18.2 Å². The molecule has 0 atom stereocenters. The zero-order valence-corrected chi connectivity index (χ0v) is 14.3. The first-order valence-electron chi connectivity index (χ1n) is 6.85. The van der Waals surface area contributed by atoms with Gasteiger partial charge in [-0.15, -0.1) is 0 Å². The molecule has 22 heavy (non-hydrogen) atoms. The molecule has 2 N–H and O–H groups in total. The summed E-state index contributed by atoms with van der Waals surface area (Å²) in [5.74, 6) is 0. The fourth-order valence-electron chi connectivity index (χ4n) is 2.19. The minimum atomic E-state index is -4.67. The van der Waals surface area contributed by atoms with Crippen molar-refractivity contribution in [1.29, 1.82) is 0 Å². The lowest BCUT2D eigenvalue weighted by Gasteiger charge is -2.07. The zero-order chi connectivity index (χ0) is 16.0. The van der Waals surface area contributed by atoms with E-state index in [0.717, 1.165) is 0 Å². The smallest absolute Gasteiger partial charge is 0.264 e. The van der Waals surface area contributed by atoms with Crippen LogP contribution in [0.2, 0.25) is 0 Å². The first-order chi connectivity index (χ1) is 10.4. The predicted octanol–water partition coefficient (Wildman–Crippen LogP) is 2.78. The number of hydrogen-bond acceptors (Lipinski definition) is 4. The highest BCUT2D eigenvalue weighted by molar-refractivity contribution is 7.79. The molecule has 2 aromatic rings. The van der Waals surface area contributed by atoms with Crippen LogP contribution in [0.1, 0.15) is 19.3 Å². The molecule has 0 aliphatic carbocycles. The Kier molecular flexibility index (Phi) is 6.27. The van der Waals surface area contributed by atoms with E-state index in [1.165, 1.54) is 46.8 Å². The first kappa shape index (κ1) is 17.3. The minimum absolute atomic E-state index is 1.24. The molecule has 1 fully saturated rings. The van der Waals surface area contributed by atoms with Crippen LogP contribution in [0.3, 0.4) is 0 Å². The van der Waals surface area contributed by atoms with Gasteiger partial charge in [-0.25, -0.2) is 4.58 Å². The molecule has 0 radical (unpaired) electrons. The summed E-state index contributed by atoms with van der Waals surface area (Å²) in [7, 11) is -4.67. The van der Waals surface area contributed by atoms with Gasteiger partial charge in [-0.1, -0.05) is 53.0 Å². The lowest BCUT2D eigenvalue weighted by atomic mass is 10.2. The molecule has 120 valence electrons. The molecular weight excluding hydrogens is 342 g/mol. The quantitative estimate of drug-likeness (QED) is 0.605. The van der Waals surface area contributed by atoms with E-state index in [1.807, 2.05) is 22.7 Å². The van der Waals surface area contributed by atoms with Crippen molar-refractivity contribution in [2.45, 2.75) is 19.3 Å². The molecule has 1 aromatic heterocycles. The van der Waals surface area contributed by atoms with E-state index >= 15 is 0 Å². The second-order valence-corrected chi connectivity index (χ2v) is 7.87. The summed E-state index contributed by atoms with van der Waals surface area (Å²) >= 11 is 3.83. The van der Waals surface area contributed by atoms with Crippen LogP contribution in [0, 0.1) is 0 Å². The van der Waals surface area contributed by atoms with Crippen molar-refractivity contribution in [3.63, 3.8) is 0 Å². The van der Waals surface area contributed by atoms with Crippen molar-refractivity contribution < 1.29 is 17.5 Å².